The van der Waals surface area contributed by atoms with Gasteiger partial charge in [-0.3, -0.25) is 4.79 Å². The second kappa shape index (κ2) is 14.2. The van der Waals surface area contributed by atoms with E-state index in [0.29, 0.717) is 5.92 Å². The van der Waals surface area contributed by atoms with Crippen LogP contribution in [0.1, 0.15) is 86.5 Å². The average Bonchev–Trinajstić information content (AvgIpc) is 2.85. The van der Waals surface area contributed by atoms with Crippen LogP contribution in [0.15, 0.2) is 71.8 Å². The molecule has 0 radical (unpaired) electrons. The highest BCUT2D eigenvalue weighted by Gasteiger charge is 2.46. The lowest BCUT2D eigenvalue weighted by molar-refractivity contribution is -0.136. The molecule has 2 aliphatic rings. The molecule has 1 saturated heterocycles. The van der Waals surface area contributed by atoms with Gasteiger partial charge >= 0.3 is 0 Å². The van der Waals surface area contributed by atoms with E-state index in [4.69, 9.17) is 9.47 Å². The quantitative estimate of drug-likeness (QED) is 0.172. The van der Waals surface area contributed by atoms with Gasteiger partial charge in [-0.25, -0.2) is 0 Å². The zero-order valence-electron chi connectivity index (χ0n) is 22.9. The Morgan fingerprint density at radius 3 is 2.49 bits per heavy atom. The van der Waals surface area contributed by atoms with Gasteiger partial charge < -0.3 is 14.4 Å². The smallest absolute Gasteiger partial charge is 0.246 e. The Morgan fingerprint density at radius 1 is 1.23 bits per heavy atom. The number of carbonyl (C=O) groups excluding carboxylic acids is 1. The lowest BCUT2D eigenvalue weighted by Gasteiger charge is -2.49. The van der Waals surface area contributed by atoms with Gasteiger partial charge in [0.25, 0.3) is 0 Å². The van der Waals surface area contributed by atoms with Gasteiger partial charge in [0, 0.05) is 31.8 Å². The number of rotatable bonds is 11. The normalized spacial score (nSPS) is 21.3. The summed E-state index contributed by atoms with van der Waals surface area (Å²) >= 11 is 0. The lowest BCUT2D eigenvalue weighted by atomic mass is 9.72. The Morgan fingerprint density at radius 2 is 1.94 bits per heavy atom. The molecule has 1 spiro atoms. The summed E-state index contributed by atoms with van der Waals surface area (Å²) in [6.45, 7) is 17.9. The Balaban J connectivity index is 2.06. The fourth-order valence-electron chi connectivity index (χ4n) is 5.19. The van der Waals surface area contributed by atoms with Crippen molar-refractivity contribution in [1.29, 1.82) is 0 Å². The van der Waals surface area contributed by atoms with Crippen molar-refractivity contribution in [3.05, 3.63) is 71.8 Å². The highest BCUT2D eigenvalue weighted by Crippen LogP contribution is 2.45. The third-order valence-corrected chi connectivity index (χ3v) is 7.20. The van der Waals surface area contributed by atoms with E-state index in [1.807, 2.05) is 50.0 Å². The summed E-state index contributed by atoms with van der Waals surface area (Å²) in [5.41, 5.74) is 2.42. The van der Waals surface area contributed by atoms with Crippen LogP contribution in [0.5, 0.6) is 0 Å². The third kappa shape index (κ3) is 7.75. The molecule has 2 heterocycles. The van der Waals surface area contributed by atoms with Crippen molar-refractivity contribution in [1.82, 2.24) is 4.90 Å². The van der Waals surface area contributed by atoms with Crippen molar-refractivity contribution in [2.24, 2.45) is 5.92 Å². The summed E-state index contributed by atoms with van der Waals surface area (Å²) in [5, 5.41) is 0. The predicted octanol–water partition coefficient (Wildman–Crippen LogP) is 7.81. The minimum Gasteiger partial charge on any atom is -0.491 e. The first-order valence-electron chi connectivity index (χ1n) is 13.5. The summed E-state index contributed by atoms with van der Waals surface area (Å²) in [6, 6.07) is 0. The molecule has 0 N–H and O–H groups in total. The van der Waals surface area contributed by atoms with Crippen molar-refractivity contribution < 1.29 is 14.3 Å². The number of hydrogen-bond acceptors (Lipinski definition) is 3. The van der Waals surface area contributed by atoms with Crippen molar-refractivity contribution in [3.63, 3.8) is 0 Å². The monoisotopic (exact) mass is 481 g/mol. The molecule has 0 bridgehead atoms. The van der Waals surface area contributed by atoms with Gasteiger partial charge in [0.2, 0.25) is 5.91 Å². The first-order chi connectivity index (χ1) is 16.8. The Labute approximate surface area is 214 Å². The number of likely N-dealkylation sites (tertiary alicyclic amines) is 1. The van der Waals surface area contributed by atoms with Crippen LogP contribution < -0.4 is 0 Å². The lowest BCUT2D eigenvalue weighted by Crippen LogP contribution is -2.53. The van der Waals surface area contributed by atoms with Gasteiger partial charge in [0.1, 0.15) is 17.1 Å². The summed E-state index contributed by atoms with van der Waals surface area (Å²) in [4.78, 5) is 14.9. The van der Waals surface area contributed by atoms with E-state index >= 15 is 0 Å². The molecule has 1 unspecified atom stereocenters. The minimum atomic E-state index is -0.178. The van der Waals surface area contributed by atoms with Gasteiger partial charge in [0.15, 0.2) is 0 Å². The molecule has 0 aromatic heterocycles. The molecule has 1 atom stereocenters. The van der Waals surface area contributed by atoms with Gasteiger partial charge in [-0.05, 0) is 82.2 Å². The summed E-state index contributed by atoms with van der Waals surface area (Å²) < 4.78 is 12.7. The van der Waals surface area contributed by atoms with Gasteiger partial charge in [0.05, 0.1) is 6.10 Å². The van der Waals surface area contributed by atoms with Crippen LogP contribution in [0.2, 0.25) is 0 Å². The maximum absolute atomic E-state index is 13.0. The number of amides is 1. The van der Waals surface area contributed by atoms with Gasteiger partial charge in [-0.2, -0.15) is 0 Å². The van der Waals surface area contributed by atoms with Crippen molar-refractivity contribution in [2.45, 2.75) is 98.2 Å². The summed E-state index contributed by atoms with van der Waals surface area (Å²) in [6.07, 6.45) is 20.2. The van der Waals surface area contributed by atoms with Crippen molar-refractivity contribution in [2.75, 3.05) is 13.1 Å². The number of ether oxygens (including phenoxy) is 2. The molecular formula is C31H47NO3. The predicted molar refractivity (Wildman–Crippen MR) is 147 cm³/mol. The molecule has 1 fully saturated rings. The number of piperidine rings is 1. The number of allylic oxidation sites excluding steroid dienone is 8. The standard InChI is InChI=1S/C31H47NO3/c1-8-13-17-29-26(11-4)23-27(12-5)31(35-29)19-21-32(22-20-31)30(33)18-14-16-25(10-3)28(15-9-2)34-24(6)7/h8-9,13-15,17-18,24,27H,1,10-12,16,19-23H2,2-7H3/b15-9-,17-13-,18-14+,28-25+. The molecule has 0 aromatic rings. The summed E-state index contributed by atoms with van der Waals surface area (Å²) in [7, 11) is 0. The highest BCUT2D eigenvalue weighted by molar-refractivity contribution is 5.87. The van der Waals surface area contributed by atoms with Gasteiger partial charge in [-0.15, -0.1) is 0 Å². The average molecular weight is 482 g/mol. The van der Waals surface area contributed by atoms with Crippen molar-refractivity contribution in [3.8, 4) is 0 Å². The minimum absolute atomic E-state index is 0.0908. The highest BCUT2D eigenvalue weighted by atomic mass is 16.5. The summed E-state index contributed by atoms with van der Waals surface area (Å²) in [5.74, 6) is 2.52. The van der Waals surface area contributed by atoms with Crippen LogP contribution in [0.3, 0.4) is 0 Å². The fourth-order valence-corrected chi connectivity index (χ4v) is 5.19. The van der Waals surface area contributed by atoms with E-state index in [1.165, 1.54) is 11.1 Å². The maximum atomic E-state index is 13.0. The second-order valence-electron chi connectivity index (χ2n) is 9.81. The van der Waals surface area contributed by atoms with Crippen molar-refractivity contribution >= 4 is 5.91 Å². The van der Waals surface area contributed by atoms with E-state index < -0.39 is 0 Å². The molecule has 0 aliphatic carbocycles. The van der Waals surface area contributed by atoms with E-state index in [0.717, 1.165) is 69.6 Å². The molecule has 0 aromatic carbocycles. The van der Waals surface area contributed by atoms with Crippen LogP contribution in [0, 0.1) is 5.92 Å². The van der Waals surface area contributed by atoms with Crippen LogP contribution in [-0.4, -0.2) is 35.6 Å². The molecule has 35 heavy (non-hydrogen) atoms. The molecular weight excluding hydrogens is 434 g/mol. The van der Waals surface area contributed by atoms with E-state index in [9.17, 15) is 4.79 Å². The maximum Gasteiger partial charge on any atom is 0.246 e. The molecule has 4 nitrogen and oxygen atoms in total. The first kappa shape index (κ1) is 28.7. The SMILES string of the molecule is C=C/C=C\C1=C(CC)CC(CC)C2(CCN(C(=O)/C=C/C/C(CC)=C(\C=C/C)OC(C)C)CC2)O1. The van der Waals surface area contributed by atoms with Crippen LogP contribution in [-0.2, 0) is 14.3 Å². The van der Waals surface area contributed by atoms with E-state index in [-0.39, 0.29) is 17.6 Å². The van der Waals surface area contributed by atoms with Crippen LogP contribution >= 0.6 is 0 Å². The molecule has 1 amide bonds. The molecule has 4 heteroatoms. The molecule has 2 aliphatic heterocycles. The largest absolute Gasteiger partial charge is 0.491 e. The third-order valence-electron chi connectivity index (χ3n) is 7.20. The van der Waals surface area contributed by atoms with E-state index in [2.05, 4.69) is 33.4 Å². The first-order valence-corrected chi connectivity index (χ1v) is 13.5. The van der Waals surface area contributed by atoms with Gasteiger partial charge in [-0.1, -0.05) is 51.7 Å². The van der Waals surface area contributed by atoms with Crippen LogP contribution in [0.25, 0.3) is 0 Å². The molecule has 194 valence electrons. The number of hydrogen-bond donors (Lipinski definition) is 0. The zero-order chi connectivity index (χ0) is 25.8. The Hall–Kier alpha value is -2.49. The number of nitrogens with zero attached hydrogens (tertiary/aromatic N) is 1. The Bertz CT molecular complexity index is 864. The van der Waals surface area contributed by atoms with Crippen LogP contribution in [0.4, 0.5) is 0 Å². The topological polar surface area (TPSA) is 38.8 Å². The Kier molecular flexibility index (Phi) is 11.6. The molecule has 2 rings (SSSR count). The van der Waals surface area contributed by atoms with E-state index in [1.54, 1.807) is 12.2 Å². The molecule has 0 saturated carbocycles. The second-order valence-corrected chi connectivity index (χ2v) is 9.81. The fraction of sp³-hybridized carbons (Fsp3) is 0.581. The number of carbonyl (C=O) groups is 1. The zero-order valence-corrected chi connectivity index (χ0v) is 22.9.